The van der Waals surface area contributed by atoms with Gasteiger partial charge in [-0.3, -0.25) is 19.1 Å². The summed E-state index contributed by atoms with van der Waals surface area (Å²) in [6.07, 6.45) is 2.06. The fourth-order valence-corrected chi connectivity index (χ4v) is 5.20. The zero-order chi connectivity index (χ0) is 30.0. The number of amides is 3. The molecule has 216 valence electrons. The number of hydrogen-bond donors (Lipinski definition) is 4. The first kappa shape index (κ1) is 28.5. The highest BCUT2D eigenvalue weighted by Gasteiger charge is 2.35. The van der Waals surface area contributed by atoms with Gasteiger partial charge in [0.15, 0.2) is 5.69 Å². The summed E-state index contributed by atoms with van der Waals surface area (Å²) >= 11 is 0. The van der Waals surface area contributed by atoms with E-state index in [1.54, 1.807) is 65.2 Å². The van der Waals surface area contributed by atoms with Gasteiger partial charge in [-0.2, -0.15) is 5.10 Å². The summed E-state index contributed by atoms with van der Waals surface area (Å²) in [5, 5.41) is 20.2. The Morgan fingerprint density at radius 1 is 1.19 bits per heavy atom. The molecule has 0 bridgehead atoms. The van der Waals surface area contributed by atoms with Gasteiger partial charge in [0.25, 0.3) is 11.8 Å². The van der Waals surface area contributed by atoms with Crippen molar-refractivity contribution in [2.24, 2.45) is 0 Å². The van der Waals surface area contributed by atoms with Crippen molar-refractivity contribution in [1.29, 1.82) is 0 Å². The summed E-state index contributed by atoms with van der Waals surface area (Å²) in [4.78, 5) is 43.6. The van der Waals surface area contributed by atoms with Gasteiger partial charge in [0, 0.05) is 41.3 Å². The van der Waals surface area contributed by atoms with E-state index in [2.05, 4.69) is 22.2 Å². The molecule has 0 spiro atoms. The first-order valence-corrected chi connectivity index (χ1v) is 13.5. The highest BCUT2D eigenvalue weighted by atomic mass is 19.1. The number of aliphatic hydroxyl groups excluding tert-OH is 1. The van der Waals surface area contributed by atoms with Crippen LogP contribution in [0.25, 0.3) is 0 Å². The van der Waals surface area contributed by atoms with Crippen LogP contribution in [0.4, 0.5) is 15.8 Å². The Bertz CT molecular complexity index is 1660. The van der Waals surface area contributed by atoms with Crippen molar-refractivity contribution >= 4 is 29.1 Å². The minimum Gasteiger partial charge on any atom is -0.389 e. The summed E-state index contributed by atoms with van der Waals surface area (Å²) in [5.41, 5.74) is 3.90. The Kier molecular flexibility index (Phi) is 8.03. The summed E-state index contributed by atoms with van der Waals surface area (Å²) in [6, 6.07) is 14.4. The summed E-state index contributed by atoms with van der Waals surface area (Å²) in [7, 11) is 0. The van der Waals surface area contributed by atoms with E-state index in [1.165, 1.54) is 12.1 Å². The molecule has 42 heavy (non-hydrogen) atoms. The number of H-pyrrole nitrogens is 1. The molecule has 1 aliphatic rings. The summed E-state index contributed by atoms with van der Waals surface area (Å²) in [5.74, 6) is -1.89. The molecule has 10 nitrogen and oxygen atoms in total. The molecule has 0 fully saturated rings. The van der Waals surface area contributed by atoms with E-state index in [9.17, 15) is 23.9 Å². The first-order valence-electron chi connectivity index (χ1n) is 13.5. The lowest BCUT2D eigenvalue weighted by molar-refractivity contribution is -0.111. The minimum absolute atomic E-state index is 0.134. The Morgan fingerprint density at radius 2 is 2.00 bits per heavy atom. The van der Waals surface area contributed by atoms with Crippen LogP contribution in [-0.4, -0.2) is 49.0 Å². The summed E-state index contributed by atoms with van der Waals surface area (Å²) in [6.45, 7) is 7.71. The van der Waals surface area contributed by atoms with E-state index >= 15 is 0 Å². The highest BCUT2D eigenvalue weighted by molar-refractivity contribution is 6.04. The molecule has 0 saturated heterocycles. The van der Waals surface area contributed by atoms with Gasteiger partial charge < -0.3 is 25.6 Å². The quantitative estimate of drug-likeness (QED) is 0.230. The van der Waals surface area contributed by atoms with Gasteiger partial charge in [0.1, 0.15) is 11.5 Å². The molecular formula is C31H31FN6O4. The Balaban J connectivity index is 1.54. The Morgan fingerprint density at radius 3 is 2.71 bits per heavy atom. The Hall–Kier alpha value is -5.03. The van der Waals surface area contributed by atoms with Crippen molar-refractivity contribution in [2.45, 2.75) is 39.0 Å². The van der Waals surface area contributed by atoms with Gasteiger partial charge in [-0.1, -0.05) is 31.7 Å². The standard InChI is InChI=1S/C31H31FN6O4/c1-4-27(40)35-26-14-22(32)11-10-21(26)16-38-29-18(2)15-37(31(42)25-9-6-12-33-25)17-24(29)28(36-38)30(41)34-23-8-5-7-20(13-23)19(3)39/h4-14,18-19,33,39H,1,15-17H2,2-3H3,(H,34,41)(H,35,40)/t18-,19+/m1/s1. The van der Waals surface area contributed by atoms with E-state index in [0.717, 1.165) is 11.8 Å². The molecule has 3 heterocycles. The predicted molar refractivity (Wildman–Crippen MR) is 156 cm³/mol. The number of aliphatic hydroxyl groups is 1. The molecule has 0 aliphatic carbocycles. The lowest BCUT2D eigenvalue weighted by atomic mass is 9.95. The second-order valence-corrected chi connectivity index (χ2v) is 10.3. The maximum Gasteiger partial charge on any atom is 0.276 e. The number of nitrogens with one attached hydrogen (secondary N) is 3. The second kappa shape index (κ2) is 11.8. The van der Waals surface area contributed by atoms with Crippen molar-refractivity contribution in [3.63, 3.8) is 0 Å². The van der Waals surface area contributed by atoms with E-state index < -0.39 is 23.7 Å². The molecule has 5 rings (SSSR count). The predicted octanol–water partition coefficient (Wildman–Crippen LogP) is 4.59. The van der Waals surface area contributed by atoms with Crippen LogP contribution < -0.4 is 10.6 Å². The number of hydrogen-bond acceptors (Lipinski definition) is 5. The van der Waals surface area contributed by atoms with Crippen LogP contribution in [0.2, 0.25) is 0 Å². The van der Waals surface area contributed by atoms with Crippen molar-refractivity contribution in [3.8, 4) is 0 Å². The molecule has 4 aromatic rings. The number of aromatic nitrogens is 3. The van der Waals surface area contributed by atoms with Crippen molar-refractivity contribution in [3.05, 3.63) is 113 Å². The molecule has 0 saturated carbocycles. The fraction of sp³-hybridized carbons (Fsp3) is 0.226. The smallest absolute Gasteiger partial charge is 0.276 e. The third-order valence-corrected chi connectivity index (χ3v) is 7.20. The number of benzene rings is 2. The molecule has 4 N–H and O–H groups in total. The van der Waals surface area contributed by atoms with Gasteiger partial charge in [0.05, 0.1) is 19.2 Å². The molecule has 0 radical (unpaired) electrons. The van der Waals surface area contributed by atoms with Crippen molar-refractivity contribution in [2.75, 3.05) is 17.2 Å². The fourth-order valence-electron chi connectivity index (χ4n) is 5.20. The van der Waals surface area contributed by atoms with E-state index in [4.69, 9.17) is 5.10 Å². The van der Waals surface area contributed by atoms with Gasteiger partial charge in [-0.05, 0) is 60.5 Å². The molecule has 2 aromatic carbocycles. The molecule has 2 atom stereocenters. The molecule has 3 amide bonds. The lowest BCUT2D eigenvalue weighted by Crippen LogP contribution is -2.38. The van der Waals surface area contributed by atoms with Crippen LogP contribution in [0.5, 0.6) is 0 Å². The van der Waals surface area contributed by atoms with Crippen molar-refractivity contribution < 1.29 is 23.9 Å². The van der Waals surface area contributed by atoms with E-state index in [0.29, 0.717) is 34.6 Å². The number of aromatic amines is 1. The number of anilines is 2. The summed E-state index contributed by atoms with van der Waals surface area (Å²) < 4.78 is 15.8. The maximum absolute atomic E-state index is 14.1. The third kappa shape index (κ3) is 5.86. The van der Waals surface area contributed by atoms with Crippen LogP contribution in [-0.2, 0) is 17.9 Å². The zero-order valence-corrected chi connectivity index (χ0v) is 23.2. The average Bonchev–Trinajstić information content (AvgIpc) is 3.63. The highest BCUT2D eigenvalue weighted by Crippen LogP contribution is 2.33. The van der Waals surface area contributed by atoms with Crippen LogP contribution in [0.1, 0.15) is 69.2 Å². The number of halogens is 1. The molecule has 11 heteroatoms. The van der Waals surface area contributed by atoms with Crippen LogP contribution in [0.3, 0.4) is 0 Å². The molecule has 0 unspecified atom stereocenters. The number of rotatable bonds is 8. The zero-order valence-electron chi connectivity index (χ0n) is 23.2. The number of nitrogens with zero attached hydrogens (tertiary/aromatic N) is 3. The normalized spacial score (nSPS) is 15.0. The Labute approximate surface area is 241 Å². The van der Waals surface area contributed by atoms with Crippen LogP contribution in [0.15, 0.2) is 73.4 Å². The average molecular weight is 571 g/mol. The van der Waals surface area contributed by atoms with Gasteiger partial charge in [0.2, 0.25) is 5.91 Å². The number of carbonyl (C=O) groups excluding carboxylic acids is 3. The number of fused-ring (bicyclic) bond motifs is 1. The second-order valence-electron chi connectivity index (χ2n) is 10.3. The SMILES string of the molecule is C=CC(=O)Nc1cc(F)ccc1Cn1nc(C(=O)Nc2cccc([C@H](C)O)c2)c2c1[C@H](C)CN(C(=O)c1ccc[nH]1)C2. The maximum atomic E-state index is 14.1. The molecular weight excluding hydrogens is 539 g/mol. The molecule has 2 aromatic heterocycles. The van der Waals surface area contributed by atoms with E-state index in [-0.39, 0.29) is 36.3 Å². The monoisotopic (exact) mass is 570 g/mol. The van der Waals surface area contributed by atoms with Crippen LogP contribution >= 0.6 is 0 Å². The third-order valence-electron chi connectivity index (χ3n) is 7.20. The van der Waals surface area contributed by atoms with Gasteiger partial charge in [-0.15, -0.1) is 0 Å². The number of carbonyl (C=O) groups is 3. The van der Waals surface area contributed by atoms with E-state index in [1.807, 2.05) is 6.92 Å². The topological polar surface area (TPSA) is 132 Å². The first-order chi connectivity index (χ1) is 20.1. The largest absolute Gasteiger partial charge is 0.389 e. The van der Waals surface area contributed by atoms with Gasteiger partial charge >= 0.3 is 0 Å². The van der Waals surface area contributed by atoms with Crippen LogP contribution in [0, 0.1) is 5.82 Å². The lowest BCUT2D eigenvalue weighted by Gasteiger charge is -2.32. The van der Waals surface area contributed by atoms with Crippen molar-refractivity contribution in [1.82, 2.24) is 19.7 Å². The molecule has 1 aliphatic heterocycles. The minimum atomic E-state index is -0.714. The van der Waals surface area contributed by atoms with Gasteiger partial charge in [-0.25, -0.2) is 4.39 Å².